The van der Waals surface area contributed by atoms with Gasteiger partial charge in [0.15, 0.2) is 11.3 Å². The molecule has 28 heavy (non-hydrogen) atoms. The van der Waals surface area contributed by atoms with E-state index in [9.17, 15) is 27.9 Å². The van der Waals surface area contributed by atoms with Crippen molar-refractivity contribution in [3.05, 3.63) is 52.0 Å². The largest absolute Gasteiger partial charge is 0.480 e. The average molecular weight is 393 g/mol. The predicted molar refractivity (Wildman–Crippen MR) is 89.7 cm³/mol. The van der Waals surface area contributed by atoms with Crippen LogP contribution in [0.25, 0.3) is 11.0 Å². The van der Waals surface area contributed by atoms with Crippen molar-refractivity contribution in [3.63, 3.8) is 0 Å². The number of aliphatic carboxylic acids is 1. The third-order valence-corrected chi connectivity index (χ3v) is 4.67. The number of pyridine rings is 2. The molecule has 11 heteroatoms. The van der Waals surface area contributed by atoms with Crippen LogP contribution in [0.5, 0.6) is 0 Å². The summed E-state index contributed by atoms with van der Waals surface area (Å²) in [6, 6.07) is 3.35. The number of carboxylic acids is 1. The van der Waals surface area contributed by atoms with Crippen molar-refractivity contribution >= 4 is 17.0 Å². The highest BCUT2D eigenvalue weighted by molar-refractivity contribution is 5.75. The molecule has 0 fully saturated rings. The van der Waals surface area contributed by atoms with E-state index >= 15 is 0 Å². The number of alkyl halides is 3. The zero-order chi connectivity index (χ0) is 20.1. The molecule has 0 radical (unpaired) electrons. The summed E-state index contributed by atoms with van der Waals surface area (Å²) in [5.74, 6) is -0.912. The van der Waals surface area contributed by atoms with Gasteiger partial charge in [0.2, 0.25) is 0 Å². The molecule has 146 valence electrons. The van der Waals surface area contributed by atoms with Gasteiger partial charge in [-0.3, -0.25) is 4.57 Å². The van der Waals surface area contributed by atoms with E-state index in [2.05, 4.69) is 15.1 Å². The van der Waals surface area contributed by atoms with Crippen LogP contribution in [0.4, 0.5) is 13.2 Å². The van der Waals surface area contributed by atoms with Gasteiger partial charge in [0.1, 0.15) is 11.9 Å². The molecule has 4 rings (SSSR count). The fourth-order valence-corrected chi connectivity index (χ4v) is 3.44. The van der Waals surface area contributed by atoms with Crippen LogP contribution in [-0.2, 0) is 23.9 Å². The highest BCUT2D eigenvalue weighted by atomic mass is 19.4. The van der Waals surface area contributed by atoms with Crippen LogP contribution < -0.4 is 5.69 Å². The van der Waals surface area contributed by atoms with Crippen molar-refractivity contribution < 1.29 is 23.1 Å². The van der Waals surface area contributed by atoms with Crippen LogP contribution in [0.15, 0.2) is 29.2 Å². The molecule has 0 aromatic carbocycles. The number of aromatic nitrogens is 5. The summed E-state index contributed by atoms with van der Waals surface area (Å²) in [7, 11) is 0. The van der Waals surface area contributed by atoms with Crippen LogP contribution in [0.3, 0.4) is 0 Å². The van der Waals surface area contributed by atoms with Crippen molar-refractivity contribution in [1.29, 1.82) is 0 Å². The number of nitrogens with zero attached hydrogens (tertiary/aromatic N) is 5. The second-order valence-corrected chi connectivity index (χ2v) is 6.52. The second kappa shape index (κ2) is 6.43. The van der Waals surface area contributed by atoms with Gasteiger partial charge in [-0.05, 0) is 31.0 Å². The van der Waals surface area contributed by atoms with Crippen molar-refractivity contribution in [2.24, 2.45) is 0 Å². The van der Waals surface area contributed by atoms with Crippen molar-refractivity contribution in [2.45, 2.75) is 38.0 Å². The molecule has 1 atom stereocenters. The Kier molecular flexibility index (Phi) is 4.16. The fourth-order valence-electron chi connectivity index (χ4n) is 3.44. The van der Waals surface area contributed by atoms with E-state index < -0.39 is 36.1 Å². The Hall–Kier alpha value is -3.24. The summed E-state index contributed by atoms with van der Waals surface area (Å²) in [5, 5.41) is 13.8. The number of halogens is 3. The lowest BCUT2D eigenvalue weighted by Crippen LogP contribution is -2.34. The molecule has 0 bridgehead atoms. The van der Waals surface area contributed by atoms with E-state index in [0.717, 1.165) is 9.25 Å². The maximum atomic E-state index is 13.5. The quantitative estimate of drug-likeness (QED) is 0.730. The van der Waals surface area contributed by atoms with Crippen LogP contribution >= 0.6 is 0 Å². The van der Waals surface area contributed by atoms with Gasteiger partial charge in [0.25, 0.3) is 0 Å². The molecule has 0 amide bonds. The van der Waals surface area contributed by atoms with Gasteiger partial charge in [-0.25, -0.2) is 24.2 Å². The van der Waals surface area contributed by atoms with Crippen molar-refractivity contribution in [2.75, 3.05) is 0 Å². The molecule has 3 aromatic heterocycles. The average Bonchev–Trinajstić information content (AvgIpc) is 2.96. The topological polar surface area (TPSA) is 103 Å². The van der Waals surface area contributed by atoms with Gasteiger partial charge >= 0.3 is 17.8 Å². The van der Waals surface area contributed by atoms with Gasteiger partial charge in [0.05, 0.1) is 6.54 Å². The highest BCUT2D eigenvalue weighted by Crippen LogP contribution is 2.32. The molecule has 0 saturated carbocycles. The number of rotatable bonds is 3. The first-order chi connectivity index (χ1) is 13.3. The zero-order valence-corrected chi connectivity index (χ0v) is 14.3. The number of fused-ring (bicyclic) bond motifs is 2. The molecule has 0 saturated heterocycles. The van der Waals surface area contributed by atoms with Crippen LogP contribution in [-0.4, -0.2) is 35.4 Å². The lowest BCUT2D eigenvalue weighted by atomic mass is 10.1. The molecule has 0 spiro atoms. The second-order valence-electron chi connectivity index (χ2n) is 6.52. The van der Waals surface area contributed by atoms with Crippen LogP contribution in [0, 0.1) is 0 Å². The van der Waals surface area contributed by atoms with Crippen molar-refractivity contribution in [1.82, 2.24) is 24.3 Å². The smallest absolute Gasteiger partial charge is 0.433 e. The maximum Gasteiger partial charge on any atom is 0.433 e. The monoisotopic (exact) mass is 393 g/mol. The number of hydrogen-bond acceptors (Lipinski definition) is 5. The zero-order valence-electron chi connectivity index (χ0n) is 14.3. The van der Waals surface area contributed by atoms with E-state index in [0.29, 0.717) is 18.2 Å². The molecule has 4 heterocycles. The molecule has 1 aliphatic rings. The Morgan fingerprint density at radius 2 is 2.14 bits per heavy atom. The molecule has 1 unspecified atom stereocenters. The molecular formula is C17H14F3N5O3. The van der Waals surface area contributed by atoms with Crippen LogP contribution in [0.2, 0.25) is 0 Å². The van der Waals surface area contributed by atoms with Gasteiger partial charge in [-0.1, -0.05) is 0 Å². The molecule has 0 aliphatic carbocycles. The van der Waals surface area contributed by atoms with Gasteiger partial charge in [-0.15, -0.1) is 0 Å². The van der Waals surface area contributed by atoms with E-state index in [-0.39, 0.29) is 23.5 Å². The van der Waals surface area contributed by atoms with Gasteiger partial charge < -0.3 is 5.11 Å². The Morgan fingerprint density at radius 1 is 1.36 bits per heavy atom. The summed E-state index contributed by atoms with van der Waals surface area (Å²) in [4.78, 5) is 31.5. The van der Waals surface area contributed by atoms with E-state index in [1.165, 1.54) is 12.3 Å². The lowest BCUT2D eigenvalue weighted by molar-refractivity contribution is -0.142. The van der Waals surface area contributed by atoms with Gasteiger partial charge in [0, 0.05) is 23.6 Å². The maximum absolute atomic E-state index is 13.5. The first kappa shape index (κ1) is 18.1. The molecule has 1 N–H and O–H groups in total. The predicted octanol–water partition coefficient (Wildman–Crippen LogP) is 2.02. The lowest BCUT2D eigenvalue weighted by Gasteiger charge is -2.19. The van der Waals surface area contributed by atoms with Gasteiger partial charge in [-0.2, -0.15) is 18.3 Å². The van der Waals surface area contributed by atoms with E-state index in [4.69, 9.17) is 0 Å². The third-order valence-electron chi connectivity index (χ3n) is 4.67. The summed E-state index contributed by atoms with van der Waals surface area (Å²) in [5.41, 5.74) is -2.19. The minimum atomic E-state index is -4.74. The SMILES string of the molecule is O=C(O)C1CCCc2nn(Cc3cc4cccnc4nc3C(F)(F)F)c(=O)n21. The standard InChI is InChI=1S/C17H14F3N5O3/c18-17(19,20)13-10(7-9-3-2-6-21-14(9)22-13)8-24-16(28)25-11(15(26)27)4-1-5-12(25)23-24/h2-3,6-7,11H,1,4-5,8H2,(H,26,27). The number of carboxylic acid groups (broad SMARTS) is 1. The van der Waals surface area contributed by atoms with Crippen molar-refractivity contribution in [3.8, 4) is 0 Å². The first-order valence-corrected chi connectivity index (χ1v) is 8.48. The molecular weight excluding hydrogens is 379 g/mol. The van der Waals surface area contributed by atoms with E-state index in [1.807, 2.05) is 0 Å². The van der Waals surface area contributed by atoms with E-state index in [1.54, 1.807) is 12.1 Å². The number of hydrogen-bond donors (Lipinski definition) is 1. The molecule has 8 nitrogen and oxygen atoms in total. The minimum absolute atomic E-state index is 0.0546. The normalized spacial score (nSPS) is 16.9. The Labute approximate surface area is 155 Å². The first-order valence-electron chi connectivity index (χ1n) is 8.48. The number of aryl methyl sites for hydroxylation is 1. The fraction of sp³-hybridized carbons (Fsp3) is 0.353. The summed E-state index contributed by atoms with van der Waals surface area (Å²) < 4.78 is 42.4. The number of carbonyl (C=O) groups is 1. The molecule has 1 aliphatic heterocycles. The van der Waals surface area contributed by atoms with Crippen LogP contribution in [0.1, 0.15) is 36.0 Å². The highest BCUT2D eigenvalue weighted by Gasteiger charge is 2.37. The summed E-state index contributed by atoms with van der Waals surface area (Å²) in [6.07, 6.45) is -2.21. The summed E-state index contributed by atoms with van der Waals surface area (Å²) in [6.45, 7) is -0.474. The Balaban J connectivity index is 1.83. The Bertz CT molecular complexity index is 1140. The molecule has 3 aromatic rings. The third kappa shape index (κ3) is 3.02. The minimum Gasteiger partial charge on any atom is -0.480 e. The summed E-state index contributed by atoms with van der Waals surface area (Å²) >= 11 is 0. The Morgan fingerprint density at radius 3 is 2.86 bits per heavy atom.